The first-order chi connectivity index (χ1) is 6.50. The molecule has 78 valence electrons. The molecule has 2 N–H and O–H groups in total. The molecule has 0 aliphatic heterocycles. The largest absolute Gasteiger partial charge is 0.465 e. The monoisotopic (exact) mass is 196 g/mol. The maximum atomic E-state index is 9.48. The quantitative estimate of drug-likeness (QED) is 0.724. The lowest BCUT2D eigenvalue weighted by Gasteiger charge is -2.15. The molecule has 3 heteroatoms. The summed E-state index contributed by atoms with van der Waals surface area (Å²) >= 11 is 0. The van der Waals surface area contributed by atoms with E-state index in [1.165, 1.54) is 6.92 Å². The number of hydrogen-bond donors (Lipinski definition) is 2. The van der Waals surface area contributed by atoms with Crippen LogP contribution in [0.1, 0.15) is 31.1 Å². The summed E-state index contributed by atoms with van der Waals surface area (Å²) < 4.78 is 5.16. The van der Waals surface area contributed by atoms with Crippen molar-refractivity contribution in [2.45, 2.75) is 33.2 Å². The predicted octanol–water partition coefficient (Wildman–Crippen LogP) is 1.77. The Morgan fingerprint density at radius 1 is 1.21 bits per heavy atom. The summed E-state index contributed by atoms with van der Waals surface area (Å²) in [6, 6.07) is 5.48. The van der Waals surface area contributed by atoms with Gasteiger partial charge in [0.15, 0.2) is 6.29 Å². The van der Waals surface area contributed by atoms with Gasteiger partial charge in [0.2, 0.25) is 0 Å². The van der Waals surface area contributed by atoms with Crippen molar-refractivity contribution in [2.24, 2.45) is 0 Å². The van der Waals surface area contributed by atoms with E-state index in [4.69, 9.17) is 9.84 Å². The van der Waals surface area contributed by atoms with E-state index < -0.39 is 12.4 Å². The van der Waals surface area contributed by atoms with Gasteiger partial charge in [0.1, 0.15) is 5.75 Å². The second kappa shape index (κ2) is 4.44. The van der Waals surface area contributed by atoms with Gasteiger partial charge in [-0.2, -0.15) is 0 Å². The highest BCUT2D eigenvalue weighted by Crippen LogP contribution is 2.26. The number of hydrogen-bond acceptors (Lipinski definition) is 3. The molecule has 2 unspecified atom stereocenters. The summed E-state index contributed by atoms with van der Waals surface area (Å²) in [5, 5.41) is 18.6. The molecule has 3 nitrogen and oxygen atoms in total. The first-order valence-corrected chi connectivity index (χ1v) is 4.64. The highest BCUT2D eigenvalue weighted by atomic mass is 16.6. The van der Waals surface area contributed by atoms with Crippen molar-refractivity contribution in [3.05, 3.63) is 29.3 Å². The lowest BCUT2D eigenvalue weighted by molar-refractivity contribution is -0.00245. The van der Waals surface area contributed by atoms with Gasteiger partial charge in [-0.05, 0) is 32.9 Å². The van der Waals surface area contributed by atoms with Crippen LogP contribution in [0.25, 0.3) is 0 Å². The highest BCUT2D eigenvalue weighted by molar-refractivity contribution is 5.38. The molecule has 0 heterocycles. The molecule has 1 aromatic carbocycles. The zero-order valence-corrected chi connectivity index (χ0v) is 8.69. The molecule has 0 bridgehead atoms. The van der Waals surface area contributed by atoms with Crippen LogP contribution in [0.3, 0.4) is 0 Å². The highest BCUT2D eigenvalue weighted by Gasteiger charge is 2.10. The molecule has 0 aliphatic rings. The summed E-state index contributed by atoms with van der Waals surface area (Å²) in [6.07, 6.45) is -1.46. The number of benzene rings is 1. The molecule has 14 heavy (non-hydrogen) atoms. The average Bonchev–Trinajstić information content (AvgIpc) is 2.07. The van der Waals surface area contributed by atoms with Crippen molar-refractivity contribution in [3.8, 4) is 5.75 Å². The summed E-state index contributed by atoms with van der Waals surface area (Å²) in [6.45, 7) is 5.15. The normalized spacial score (nSPS) is 14.9. The van der Waals surface area contributed by atoms with Gasteiger partial charge < -0.3 is 14.9 Å². The van der Waals surface area contributed by atoms with E-state index in [2.05, 4.69) is 0 Å². The molecule has 1 aromatic rings. The fourth-order valence-electron chi connectivity index (χ4n) is 1.29. The van der Waals surface area contributed by atoms with E-state index >= 15 is 0 Å². The van der Waals surface area contributed by atoms with Gasteiger partial charge in [0, 0.05) is 5.56 Å². The lowest BCUT2D eigenvalue weighted by Crippen LogP contribution is -2.11. The summed E-state index contributed by atoms with van der Waals surface area (Å²) in [5.74, 6) is 0.528. The van der Waals surface area contributed by atoms with Gasteiger partial charge in [-0.15, -0.1) is 0 Å². The molecule has 0 radical (unpaired) electrons. The third-order valence-electron chi connectivity index (χ3n) is 1.91. The Bertz CT molecular complexity index is 305. The molecular formula is C11H16O3. The Balaban J connectivity index is 3.02. The van der Waals surface area contributed by atoms with Crippen LogP contribution < -0.4 is 4.74 Å². The molecule has 2 atom stereocenters. The predicted molar refractivity (Wildman–Crippen MR) is 54.1 cm³/mol. The van der Waals surface area contributed by atoms with Crippen LogP contribution in [0.4, 0.5) is 0 Å². The fourth-order valence-corrected chi connectivity index (χ4v) is 1.29. The zero-order chi connectivity index (χ0) is 10.7. The molecule has 0 spiro atoms. The van der Waals surface area contributed by atoms with Crippen LogP contribution in [0.2, 0.25) is 0 Å². The Morgan fingerprint density at radius 3 is 2.36 bits per heavy atom. The van der Waals surface area contributed by atoms with E-state index in [9.17, 15) is 5.11 Å². The van der Waals surface area contributed by atoms with Gasteiger partial charge in [-0.3, -0.25) is 0 Å². The first-order valence-electron chi connectivity index (χ1n) is 4.64. The van der Waals surface area contributed by atoms with E-state index in [0.29, 0.717) is 11.3 Å². The standard InChI is InChI=1S/C11H16O3/c1-7-4-5-11(14-9(3)13)10(6-7)8(2)12/h4-6,8-9,12-13H,1-3H3. The molecule has 1 rings (SSSR count). The van der Waals surface area contributed by atoms with Gasteiger partial charge >= 0.3 is 0 Å². The molecular weight excluding hydrogens is 180 g/mol. The molecule has 0 fully saturated rings. The second-order valence-electron chi connectivity index (χ2n) is 3.43. The van der Waals surface area contributed by atoms with E-state index in [1.54, 1.807) is 13.0 Å². The Kier molecular flexibility index (Phi) is 3.49. The minimum absolute atomic E-state index is 0.528. The number of rotatable bonds is 3. The van der Waals surface area contributed by atoms with Crippen molar-refractivity contribution in [2.75, 3.05) is 0 Å². The van der Waals surface area contributed by atoms with Crippen LogP contribution in [0, 0.1) is 6.92 Å². The first kappa shape index (κ1) is 11.0. The number of aliphatic hydroxyl groups excluding tert-OH is 2. The van der Waals surface area contributed by atoms with Crippen molar-refractivity contribution >= 4 is 0 Å². The minimum Gasteiger partial charge on any atom is -0.465 e. The van der Waals surface area contributed by atoms with Crippen molar-refractivity contribution in [1.29, 1.82) is 0 Å². The Labute approximate surface area is 84.0 Å². The van der Waals surface area contributed by atoms with Crippen molar-refractivity contribution < 1.29 is 14.9 Å². The average molecular weight is 196 g/mol. The third-order valence-corrected chi connectivity index (χ3v) is 1.91. The van der Waals surface area contributed by atoms with E-state index in [1.807, 2.05) is 19.1 Å². The maximum absolute atomic E-state index is 9.48. The topological polar surface area (TPSA) is 49.7 Å². The minimum atomic E-state index is -0.866. The van der Waals surface area contributed by atoms with Crippen molar-refractivity contribution in [1.82, 2.24) is 0 Å². The zero-order valence-electron chi connectivity index (χ0n) is 8.69. The summed E-state index contributed by atoms with van der Waals surface area (Å²) in [5.41, 5.74) is 1.75. The van der Waals surface area contributed by atoms with E-state index in [-0.39, 0.29) is 0 Å². The Hall–Kier alpha value is -1.06. The number of aryl methyl sites for hydroxylation is 1. The Morgan fingerprint density at radius 2 is 1.86 bits per heavy atom. The SMILES string of the molecule is Cc1ccc(OC(C)O)c(C(C)O)c1. The molecule has 0 amide bonds. The summed E-state index contributed by atoms with van der Waals surface area (Å²) in [7, 11) is 0. The number of aliphatic hydroxyl groups is 2. The molecule has 0 saturated carbocycles. The summed E-state index contributed by atoms with van der Waals surface area (Å²) in [4.78, 5) is 0. The maximum Gasteiger partial charge on any atom is 0.194 e. The van der Waals surface area contributed by atoms with Crippen LogP contribution >= 0.6 is 0 Å². The lowest BCUT2D eigenvalue weighted by atomic mass is 10.1. The van der Waals surface area contributed by atoms with Crippen molar-refractivity contribution in [3.63, 3.8) is 0 Å². The number of ether oxygens (including phenoxy) is 1. The van der Waals surface area contributed by atoms with Gasteiger partial charge in [0.25, 0.3) is 0 Å². The second-order valence-corrected chi connectivity index (χ2v) is 3.43. The van der Waals surface area contributed by atoms with Crippen LogP contribution in [0.15, 0.2) is 18.2 Å². The smallest absolute Gasteiger partial charge is 0.194 e. The molecule has 0 aromatic heterocycles. The van der Waals surface area contributed by atoms with Gasteiger partial charge in [-0.1, -0.05) is 11.6 Å². The van der Waals surface area contributed by atoms with Crippen LogP contribution in [-0.4, -0.2) is 16.5 Å². The van der Waals surface area contributed by atoms with Crippen LogP contribution in [0.5, 0.6) is 5.75 Å². The third kappa shape index (κ3) is 2.72. The fraction of sp³-hybridized carbons (Fsp3) is 0.455. The van der Waals surface area contributed by atoms with Gasteiger partial charge in [-0.25, -0.2) is 0 Å². The van der Waals surface area contributed by atoms with Gasteiger partial charge in [0.05, 0.1) is 6.10 Å². The molecule has 0 aliphatic carbocycles. The molecule has 0 saturated heterocycles. The van der Waals surface area contributed by atoms with E-state index in [0.717, 1.165) is 5.56 Å². The van der Waals surface area contributed by atoms with Crippen LogP contribution in [-0.2, 0) is 0 Å².